The second kappa shape index (κ2) is 12.5. The summed E-state index contributed by atoms with van der Waals surface area (Å²) in [7, 11) is 0.685. The Balaban J connectivity index is 0.000000443. The van der Waals surface area contributed by atoms with Crippen molar-refractivity contribution >= 4 is 26.9 Å². The zero-order valence-corrected chi connectivity index (χ0v) is 21.8. The molecule has 25 heavy (non-hydrogen) atoms. The molecule has 0 aliphatic carbocycles. The molecule has 2 rings (SSSR count). The molecule has 0 fully saturated rings. The van der Waals surface area contributed by atoms with Crippen LogP contribution in [0.15, 0.2) is 0 Å². The number of nitrogens with one attached hydrogen (secondary N) is 2. The third-order valence-electron chi connectivity index (χ3n) is 4.31. The SMILES string of the molecule is [BH3-]c1[nH]c(CC)c(CC)c1CC.[BH3-]c1[nH]c(CC)c(CC)c1CC.[Ra+2]. The van der Waals surface area contributed by atoms with Crippen molar-refractivity contribution in [3.8, 4) is 0 Å². The van der Waals surface area contributed by atoms with Crippen LogP contribution in [-0.4, -0.2) is 25.7 Å². The van der Waals surface area contributed by atoms with Gasteiger partial charge in [0.15, 0.2) is 0 Å². The Hall–Kier alpha value is 0.157. The van der Waals surface area contributed by atoms with Crippen LogP contribution in [0.5, 0.6) is 0 Å². The number of aromatic nitrogens is 2. The van der Waals surface area contributed by atoms with Gasteiger partial charge in [-0.25, -0.2) is 0 Å². The average Bonchev–Trinajstić information content (AvgIpc) is 3.09. The first kappa shape index (κ1) is 25.2. The Morgan fingerprint density at radius 3 is 1.00 bits per heavy atom. The van der Waals surface area contributed by atoms with Crippen molar-refractivity contribution in [1.82, 2.24) is 9.97 Å². The van der Waals surface area contributed by atoms with Gasteiger partial charge in [-0.1, -0.05) is 52.7 Å². The molecule has 0 bridgehead atoms. The first-order valence-corrected chi connectivity index (χ1v) is 8.86. The summed E-state index contributed by atoms with van der Waals surface area (Å²) in [6, 6.07) is 0. The number of hydrogen-bond acceptors (Lipinski definition) is 0. The smallest absolute Gasteiger partial charge is 0.401 e. The molecule has 0 aromatic carbocycles. The predicted octanol–water partition coefficient (Wildman–Crippen LogP) is 1.39. The van der Waals surface area contributed by atoms with E-state index >= 15 is 0 Å². The molecule has 0 amide bonds. The topological polar surface area (TPSA) is 31.6 Å². The molecule has 0 spiro atoms. The van der Waals surface area contributed by atoms with E-state index in [9.17, 15) is 0 Å². The molecular formula is C20H38B2N2Ra. The van der Waals surface area contributed by atoms with Gasteiger partial charge in [-0.15, -0.1) is 0 Å². The van der Waals surface area contributed by atoms with Crippen LogP contribution < -0.4 is 11.2 Å². The fraction of sp³-hybridized carbons (Fsp3) is 0.600. The molecule has 136 valence electrons. The molecule has 2 N–H and O–H groups in total. The van der Waals surface area contributed by atoms with Crippen molar-refractivity contribution in [3.63, 3.8) is 0 Å². The molecule has 0 saturated carbocycles. The Morgan fingerprint density at radius 2 is 0.800 bits per heavy atom. The minimum absolute atomic E-state index is 0. The Morgan fingerprint density at radius 1 is 0.520 bits per heavy atom. The number of aromatic amines is 2. The van der Waals surface area contributed by atoms with Crippen molar-refractivity contribution < 1.29 is 45.0 Å². The van der Waals surface area contributed by atoms with E-state index in [0.29, 0.717) is 15.7 Å². The summed E-state index contributed by atoms with van der Waals surface area (Å²) in [5.74, 6) is 0. The van der Waals surface area contributed by atoms with Crippen LogP contribution in [0.1, 0.15) is 75.2 Å². The van der Waals surface area contributed by atoms with Crippen LogP contribution in [0.2, 0.25) is 0 Å². The van der Waals surface area contributed by atoms with E-state index < -0.39 is 0 Å². The van der Waals surface area contributed by atoms with Crippen molar-refractivity contribution in [2.75, 3.05) is 0 Å². The maximum absolute atomic E-state index is 3.58. The fourth-order valence-corrected chi connectivity index (χ4v) is 3.03. The number of H-pyrrole nitrogens is 2. The van der Waals surface area contributed by atoms with Gasteiger partial charge in [0, 0.05) is 11.4 Å². The van der Waals surface area contributed by atoms with Gasteiger partial charge in [-0.3, -0.25) is 0 Å². The van der Waals surface area contributed by atoms with Crippen molar-refractivity contribution in [2.45, 2.75) is 80.1 Å². The zero-order chi connectivity index (χ0) is 18.3. The minimum Gasteiger partial charge on any atom is -0.401 e. The van der Waals surface area contributed by atoms with Gasteiger partial charge in [0.25, 0.3) is 0 Å². The third-order valence-corrected chi connectivity index (χ3v) is 4.31. The molecule has 5 heteroatoms. The van der Waals surface area contributed by atoms with Gasteiger partial charge < -0.3 is 9.97 Å². The summed E-state index contributed by atoms with van der Waals surface area (Å²) in [4.78, 5) is 7.15. The van der Waals surface area contributed by atoms with E-state index in [1.807, 2.05) is 0 Å². The summed E-state index contributed by atoms with van der Waals surface area (Å²) < 4.78 is 0. The second-order valence-corrected chi connectivity index (χ2v) is 5.49. The maximum atomic E-state index is 3.58. The summed E-state index contributed by atoms with van der Waals surface area (Å²) in [6.07, 6.45) is 7.19. The van der Waals surface area contributed by atoms with Crippen molar-refractivity contribution in [3.05, 3.63) is 33.6 Å². The molecular weight excluding hydrogens is 516 g/mol. The zero-order valence-electron chi connectivity index (χ0n) is 15.9. The standard InChI is InChI=1S/2C10H19BN.Ra/c2*1-4-7-8(5-2)10(11)12-9(7)6-3;/h2*12H,4-6H2,1-3,11H3;/q2*-1;+2. The summed E-state index contributed by atoms with van der Waals surface area (Å²) in [5, 5.41) is 0. The number of rotatable bonds is 6. The van der Waals surface area contributed by atoms with Crippen LogP contribution >= 0.6 is 0 Å². The van der Waals surface area contributed by atoms with Crippen LogP contribution in [0.4, 0.5) is 0 Å². The van der Waals surface area contributed by atoms with Crippen molar-refractivity contribution in [2.24, 2.45) is 0 Å². The summed E-state index contributed by atoms with van der Waals surface area (Å²) in [6.45, 7) is 13.6. The molecule has 2 heterocycles. The first-order chi connectivity index (χ1) is 11.5. The Kier molecular flexibility index (Phi) is 12.6. The maximum Gasteiger partial charge on any atom is 2.00 e. The molecule has 0 atom stereocenters. The quantitative estimate of drug-likeness (QED) is 0.507. The van der Waals surface area contributed by atoms with E-state index in [0.717, 1.165) is 0 Å². The third kappa shape index (κ3) is 6.08. The second-order valence-electron chi connectivity index (χ2n) is 5.49. The van der Waals surface area contributed by atoms with Gasteiger partial charge in [0.05, 0.1) is 0 Å². The van der Waals surface area contributed by atoms with Crippen LogP contribution in [0.3, 0.4) is 0 Å². The average molecular weight is 554 g/mol. The van der Waals surface area contributed by atoms with Crippen LogP contribution in [-0.2, 0) is 38.5 Å². The van der Waals surface area contributed by atoms with Crippen LogP contribution in [0.25, 0.3) is 0 Å². The molecule has 0 saturated heterocycles. The molecule has 2 nitrogen and oxygen atoms in total. The molecule has 0 radical (unpaired) electrons. The van der Waals surface area contributed by atoms with Gasteiger partial charge in [-0.05, 0) is 65.3 Å². The van der Waals surface area contributed by atoms with E-state index in [4.69, 9.17) is 0 Å². The molecule has 2 aromatic rings. The largest absolute Gasteiger partial charge is 2.00 e. The van der Waals surface area contributed by atoms with Gasteiger partial charge in [0.1, 0.15) is 0 Å². The van der Waals surface area contributed by atoms with Gasteiger partial charge in [0.2, 0.25) is 0 Å². The Labute approximate surface area is 194 Å². The van der Waals surface area contributed by atoms with E-state index in [-0.39, 0.29) is 45.0 Å². The van der Waals surface area contributed by atoms with Gasteiger partial charge >= 0.3 is 45.0 Å². The first-order valence-electron chi connectivity index (χ1n) is 8.86. The Bertz CT molecular complexity index is 588. The van der Waals surface area contributed by atoms with Crippen LogP contribution in [0, 0.1) is 45.0 Å². The molecule has 0 unspecified atom stereocenters. The predicted molar refractivity (Wildman–Crippen MR) is 117 cm³/mol. The van der Waals surface area contributed by atoms with E-state index in [2.05, 4.69) is 51.5 Å². The summed E-state index contributed by atoms with van der Waals surface area (Å²) >= 11 is 0. The molecule has 0 aliphatic rings. The van der Waals surface area contributed by atoms with Gasteiger partial charge in [-0.2, -0.15) is 11.2 Å². The monoisotopic (exact) mass is 554 g/mol. The molecule has 2 aromatic heterocycles. The molecule has 0 aliphatic heterocycles. The van der Waals surface area contributed by atoms with Crippen molar-refractivity contribution in [1.29, 1.82) is 0 Å². The summed E-state index contributed by atoms with van der Waals surface area (Å²) in [5.41, 5.74) is 12.8. The number of aryl methyl sites for hydroxylation is 2. The number of hydrogen-bond donors (Lipinski definition) is 2. The minimum atomic E-state index is 0. The fourth-order valence-electron chi connectivity index (χ4n) is 3.03. The van der Waals surface area contributed by atoms with E-state index in [1.54, 1.807) is 33.4 Å². The normalized spacial score (nSPS) is 10.2. The van der Waals surface area contributed by atoms with E-state index in [1.165, 1.54) is 49.9 Å².